The summed E-state index contributed by atoms with van der Waals surface area (Å²) in [6, 6.07) is 0. The van der Waals surface area contributed by atoms with Crippen LogP contribution in [0.25, 0.3) is 11.0 Å². The van der Waals surface area contributed by atoms with Gasteiger partial charge in [-0.25, -0.2) is 15.0 Å². The minimum atomic E-state index is 0.777. The summed E-state index contributed by atoms with van der Waals surface area (Å²) in [4.78, 5) is 15.0. The molecule has 0 saturated heterocycles. The Hall–Kier alpha value is -1.71. The molecule has 0 unspecified atom stereocenters. The summed E-state index contributed by atoms with van der Waals surface area (Å²) >= 11 is 0. The third-order valence-electron chi connectivity index (χ3n) is 2.98. The van der Waals surface area contributed by atoms with E-state index >= 15 is 0 Å². The normalized spacial score (nSPS) is 10.8. The van der Waals surface area contributed by atoms with Gasteiger partial charge in [-0.3, -0.25) is 0 Å². The zero-order chi connectivity index (χ0) is 11.9. The molecule has 0 fully saturated rings. The molecule has 0 atom stereocenters. The second-order valence-corrected chi connectivity index (χ2v) is 4.24. The predicted molar refractivity (Wildman–Crippen MR) is 65.9 cm³/mol. The number of fused-ring (bicyclic) bond motifs is 1. The molecule has 16 heavy (non-hydrogen) atoms. The fourth-order valence-electron chi connectivity index (χ4n) is 1.83. The van der Waals surface area contributed by atoms with Crippen LogP contribution in [0.4, 0.5) is 5.82 Å². The van der Waals surface area contributed by atoms with Crippen molar-refractivity contribution in [1.82, 2.24) is 15.0 Å². The number of anilines is 1. The number of rotatable bonds is 1. The van der Waals surface area contributed by atoms with Gasteiger partial charge < -0.3 is 4.90 Å². The van der Waals surface area contributed by atoms with Crippen LogP contribution < -0.4 is 4.90 Å². The molecule has 2 aromatic rings. The van der Waals surface area contributed by atoms with Crippen LogP contribution in [0.1, 0.15) is 16.8 Å². The van der Waals surface area contributed by atoms with Crippen molar-refractivity contribution >= 4 is 16.9 Å². The van der Waals surface area contributed by atoms with E-state index < -0.39 is 0 Å². The molecule has 2 aromatic heterocycles. The zero-order valence-electron chi connectivity index (χ0n) is 10.4. The smallest absolute Gasteiger partial charge is 0.165 e. The van der Waals surface area contributed by atoms with E-state index in [9.17, 15) is 0 Å². The summed E-state index contributed by atoms with van der Waals surface area (Å²) < 4.78 is 0. The first-order valence-electron chi connectivity index (χ1n) is 5.28. The number of nitrogens with zero attached hydrogens (tertiary/aromatic N) is 4. The third kappa shape index (κ3) is 1.50. The van der Waals surface area contributed by atoms with Crippen molar-refractivity contribution in [3.05, 3.63) is 23.1 Å². The first-order valence-corrected chi connectivity index (χ1v) is 5.28. The van der Waals surface area contributed by atoms with Gasteiger partial charge in [-0.15, -0.1) is 0 Å². The highest BCUT2D eigenvalue weighted by molar-refractivity contribution is 5.90. The third-order valence-corrected chi connectivity index (χ3v) is 2.98. The van der Waals surface area contributed by atoms with Crippen molar-refractivity contribution in [3.63, 3.8) is 0 Å². The van der Waals surface area contributed by atoms with E-state index in [0.717, 1.165) is 22.5 Å². The SMILES string of the molecule is Cc1nc2ncnc(N(C)C)c2c(C)c1C. The lowest BCUT2D eigenvalue weighted by molar-refractivity contribution is 1.04. The molecular formula is C12H16N4. The van der Waals surface area contributed by atoms with E-state index in [4.69, 9.17) is 0 Å². The fourth-order valence-corrected chi connectivity index (χ4v) is 1.83. The van der Waals surface area contributed by atoms with Crippen molar-refractivity contribution in [1.29, 1.82) is 0 Å². The van der Waals surface area contributed by atoms with Gasteiger partial charge in [0.15, 0.2) is 5.65 Å². The minimum absolute atomic E-state index is 0.777. The number of aryl methyl sites for hydroxylation is 2. The standard InChI is InChI=1S/C12H16N4/c1-7-8(2)10-11(15-9(7)3)13-6-14-12(10)16(4)5/h6H,1-5H3. The largest absolute Gasteiger partial charge is 0.362 e. The zero-order valence-corrected chi connectivity index (χ0v) is 10.4. The van der Waals surface area contributed by atoms with Gasteiger partial charge in [0.25, 0.3) is 0 Å². The van der Waals surface area contributed by atoms with Crippen molar-refractivity contribution in [2.45, 2.75) is 20.8 Å². The van der Waals surface area contributed by atoms with Gasteiger partial charge >= 0.3 is 0 Å². The molecule has 0 N–H and O–H groups in total. The summed E-state index contributed by atoms with van der Waals surface area (Å²) in [7, 11) is 3.97. The highest BCUT2D eigenvalue weighted by Crippen LogP contribution is 2.26. The summed E-state index contributed by atoms with van der Waals surface area (Å²) in [5, 5.41) is 1.05. The summed E-state index contributed by atoms with van der Waals surface area (Å²) in [5.41, 5.74) is 4.24. The van der Waals surface area contributed by atoms with Crippen molar-refractivity contribution < 1.29 is 0 Å². The molecule has 2 heterocycles. The molecule has 0 aliphatic carbocycles. The predicted octanol–water partition coefficient (Wildman–Crippen LogP) is 2.02. The lowest BCUT2D eigenvalue weighted by Gasteiger charge is -2.16. The summed E-state index contributed by atoms with van der Waals surface area (Å²) in [6.07, 6.45) is 1.57. The monoisotopic (exact) mass is 216 g/mol. The molecular weight excluding hydrogens is 200 g/mol. The van der Waals surface area contributed by atoms with Crippen LogP contribution >= 0.6 is 0 Å². The van der Waals surface area contributed by atoms with Crippen LogP contribution in [0.15, 0.2) is 6.33 Å². The van der Waals surface area contributed by atoms with Gasteiger partial charge in [0.05, 0.1) is 5.39 Å². The van der Waals surface area contributed by atoms with E-state index in [1.54, 1.807) is 6.33 Å². The molecule has 0 aliphatic rings. The molecule has 4 nitrogen and oxygen atoms in total. The molecule has 2 rings (SSSR count). The van der Waals surface area contributed by atoms with Gasteiger partial charge in [0.1, 0.15) is 12.1 Å². The van der Waals surface area contributed by atoms with Gasteiger partial charge in [-0.2, -0.15) is 0 Å². The van der Waals surface area contributed by atoms with Crippen molar-refractivity contribution in [2.24, 2.45) is 0 Å². The second-order valence-electron chi connectivity index (χ2n) is 4.24. The highest BCUT2D eigenvalue weighted by atomic mass is 15.1. The van der Waals surface area contributed by atoms with E-state index in [1.807, 2.05) is 25.9 Å². The van der Waals surface area contributed by atoms with Crippen LogP contribution in [0.2, 0.25) is 0 Å². The molecule has 0 amide bonds. The maximum absolute atomic E-state index is 4.50. The van der Waals surface area contributed by atoms with Crippen molar-refractivity contribution in [2.75, 3.05) is 19.0 Å². The summed E-state index contributed by atoms with van der Waals surface area (Å²) in [5.74, 6) is 0.929. The second kappa shape index (κ2) is 3.70. The Labute approximate surface area is 95.4 Å². The van der Waals surface area contributed by atoms with Crippen LogP contribution in [0.5, 0.6) is 0 Å². The van der Waals surface area contributed by atoms with Gasteiger partial charge in [0.2, 0.25) is 0 Å². The number of hydrogen-bond acceptors (Lipinski definition) is 4. The maximum Gasteiger partial charge on any atom is 0.165 e. The first kappa shape index (κ1) is 10.8. The molecule has 0 aromatic carbocycles. The Morgan fingerprint density at radius 3 is 2.31 bits per heavy atom. The Morgan fingerprint density at radius 1 is 1.00 bits per heavy atom. The Balaban J connectivity index is 2.92. The van der Waals surface area contributed by atoms with Gasteiger partial charge in [0, 0.05) is 19.8 Å². The minimum Gasteiger partial charge on any atom is -0.362 e. The first-order chi connectivity index (χ1) is 7.52. The Bertz CT molecular complexity index is 546. The molecule has 0 aliphatic heterocycles. The van der Waals surface area contributed by atoms with Crippen LogP contribution in [0.3, 0.4) is 0 Å². The van der Waals surface area contributed by atoms with E-state index in [2.05, 4.69) is 28.8 Å². The summed E-state index contributed by atoms with van der Waals surface area (Å²) in [6.45, 7) is 6.20. The van der Waals surface area contributed by atoms with Crippen LogP contribution in [-0.2, 0) is 0 Å². The Kier molecular flexibility index (Phi) is 2.50. The number of hydrogen-bond donors (Lipinski definition) is 0. The lowest BCUT2D eigenvalue weighted by atomic mass is 10.1. The average molecular weight is 216 g/mol. The molecule has 4 heteroatoms. The van der Waals surface area contributed by atoms with Crippen LogP contribution in [0, 0.1) is 20.8 Å². The van der Waals surface area contributed by atoms with E-state index in [1.165, 1.54) is 11.1 Å². The molecule has 0 spiro atoms. The molecule has 0 bridgehead atoms. The van der Waals surface area contributed by atoms with Gasteiger partial charge in [-0.1, -0.05) is 0 Å². The van der Waals surface area contributed by atoms with Gasteiger partial charge in [-0.05, 0) is 31.9 Å². The average Bonchev–Trinajstić information content (AvgIpc) is 2.25. The number of aromatic nitrogens is 3. The topological polar surface area (TPSA) is 41.9 Å². The molecule has 0 radical (unpaired) electrons. The highest BCUT2D eigenvalue weighted by Gasteiger charge is 2.12. The van der Waals surface area contributed by atoms with E-state index in [-0.39, 0.29) is 0 Å². The van der Waals surface area contributed by atoms with Crippen LogP contribution in [-0.4, -0.2) is 29.0 Å². The molecule has 84 valence electrons. The van der Waals surface area contributed by atoms with Crippen molar-refractivity contribution in [3.8, 4) is 0 Å². The number of pyridine rings is 1. The quantitative estimate of drug-likeness (QED) is 0.731. The van der Waals surface area contributed by atoms with E-state index in [0.29, 0.717) is 0 Å². The fraction of sp³-hybridized carbons (Fsp3) is 0.417. The Morgan fingerprint density at radius 2 is 1.69 bits per heavy atom. The maximum atomic E-state index is 4.50. The molecule has 0 saturated carbocycles. The lowest BCUT2D eigenvalue weighted by Crippen LogP contribution is -2.12.